The molecule has 0 amide bonds. The van der Waals surface area contributed by atoms with Crippen LogP contribution in [0.4, 0.5) is 0 Å². The van der Waals surface area contributed by atoms with Gasteiger partial charge in [0.2, 0.25) is 0 Å². The SMILES string of the molecule is Cc1ccc(-c2ccn(C34CC(CC(=O)[C@H]5C[C@@H](O)c6cc(Cl)ccc6O5)(C3)C4)c2)cc1. The lowest BCUT2D eigenvalue weighted by Crippen LogP contribution is -2.68. The van der Waals surface area contributed by atoms with Crippen LogP contribution in [0.5, 0.6) is 5.75 Å². The van der Waals surface area contributed by atoms with Crippen molar-refractivity contribution in [1.29, 1.82) is 0 Å². The molecule has 3 fully saturated rings. The van der Waals surface area contributed by atoms with E-state index in [0.717, 1.165) is 19.3 Å². The summed E-state index contributed by atoms with van der Waals surface area (Å²) in [6.07, 6.45) is 7.07. The summed E-state index contributed by atoms with van der Waals surface area (Å²) in [6, 6.07) is 16.0. The number of Topliss-reactive ketones (excluding diaryl/α,β-unsaturated/α-hetero) is 1. The highest BCUT2D eigenvalue weighted by Gasteiger charge is 2.69. The summed E-state index contributed by atoms with van der Waals surface area (Å²) in [5.41, 5.74) is 4.67. The summed E-state index contributed by atoms with van der Waals surface area (Å²) in [5, 5.41) is 11.1. The lowest BCUT2D eigenvalue weighted by atomic mass is 9.38. The number of carbonyl (C=O) groups excluding carboxylic acids is 1. The molecule has 2 aromatic carbocycles. The smallest absolute Gasteiger partial charge is 0.173 e. The predicted octanol–water partition coefficient (Wildman–Crippen LogP) is 5.84. The highest BCUT2D eigenvalue weighted by molar-refractivity contribution is 6.30. The van der Waals surface area contributed by atoms with Crippen molar-refractivity contribution in [1.82, 2.24) is 4.57 Å². The van der Waals surface area contributed by atoms with Crippen LogP contribution < -0.4 is 4.74 Å². The van der Waals surface area contributed by atoms with Gasteiger partial charge in [0.1, 0.15) is 5.75 Å². The second kappa shape index (κ2) is 6.97. The zero-order chi connectivity index (χ0) is 22.1. The molecule has 7 rings (SSSR count). The van der Waals surface area contributed by atoms with Crippen molar-refractivity contribution in [3.8, 4) is 16.9 Å². The second-order valence-electron chi connectivity index (χ2n) is 10.1. The Morgan fingerprint density at radius 1 is 1.12 bits per heavy atom. The third-order valence-electron chi connectivity index (χ3n) is 7.68. The predicted molar refractivity (Wildman–Crippen MR) is 124 cm³/mol. The Hall–Kier alpha value is -2.56. The number of aliphatic hydroxyl groups excluding tert-OH is 1. The maximum atomic E-state index is 13.0. The van der Waals surface area contributed by atoms with E-state index in [1.165, 1.54) is 16.7 Å². The zero-order valence-corrected chi connectivity index (χ0v) is 18.8. The van der Waals surface area contributed by atoms with E-state index in [9.17, 15) is 9.90 Å². The van der Waals surface area contributed by atoms with E-state index >= 15 is 0 Å². The quantitative estimate of drug-likeness (QED) is 0.534. The molecule has 0 radical (unpaired) electrons. The Morgan fingerprint density at radius 2 is 1.88 bits per heavy atom. The molecule has 2 heterocycles. The minimum Gasteiger partial charge on any atom is -0.482 e. The maximum absolute atomic E-state index is 13.0. The molecule has 4 aliphatic rings. The van der Waals surface area contributed by atoms with E-state index in [-0.39, 0.29) is 16.7 Å². The number of aryl methyl sites for hydroxylation is 1. The van der Waals surface area contributed by atoms with Gasteiger partial charge < -0.3 is 14.4 Å². The normalized spacial score (nSPS) is 30.0. The largest absolute Gasteiger partial charge is 0.482 e. The number of ketones is 1. The first kappa shape index (κ1) is 20.1. The third-order valence-corrected chi connectivity index (χ3v) is 7.92. The summed E-state index contributed by atoms with van der Waals surface area (Å²) in [7, 11) is 0. The molecule has 3 saturated carbocycles. The Labute approximate surface area is 192 Å². The van der Waals surface area contributed by atoms with Crippen LogP contribution in [0.15, 0.2) is 60.9 Å². The van der Waals surface area contributed by atoms with Crippen molar-refractivity contribution in [3.63, 3.8) is 0 Å². The number of ether oxygens (including phenoxy) is 1. The number of carbonyl (C=O) groups is 1. The van der Waals surface area contributed by atoms with E-state index in [4.69, 9.17) is 16.3 Å². The third kappa shape index (κ3) is 3.12. The molecule has 5 heteroatoms. The molecule has 1 aliphatic heterocycles. The fraction of sp³-hybridized carbons (Fsp3) is 0.370. The van der Waals surface area contributed by atoms with Gasteiger partial charge in [-0.25, -0.2) is 0 Å². The standard InChI is InChI=1S/C27H26ClNO3/c1-17-2-4-18(5-3-17)19-8-9-29(13-19)27-14-26(15-27,16-27)12-23(31)25-11-22(30)21-10-20(28)6-7-24(21)32-25/h2-10,13,22,25,30H,11-12,14-16H2,1H3/t22-,25-,26?,27?/m1/s1. The van der Waals surface area contributed by atoms with Crippen molar-refractivity contribution >= 4 is 17.4 Å². The average Bonchev–Trinajstić information content (AvgIpc) is 3.20. The molecule has 2 atom stereocenters. The van der Waals surface area contributed by atoms with Crippen LogP contribution in [-0.4, -0.2) is 21.6 Å². The number of benzene rings is 2. The topological polar surface area (TPSA) is 51.5 Å². The van der Waals surface area contributed by atoms with Gasteiger partial charge in [0, 0.05) is 41.4 Å². The van der Waals surface area contributed by atoms with Crippen molar-refractivity contribution in [2.75, 3.05) is 0 Å². The van der Waals surface area contributed by atoms with Crippen molar-refractivity contribution < 1.29 is 14.6 Å². The van der Waals surface area contributed by atoms with Gasteiger partial charge in [0.15, 0.2) is 11.9 Å². The molecule has 0 unspecified atom stereocenters. The molecule has 0 spiro atoms. The van der Waals surface area contributed by atoms with Gasteiger partial charge in [-0.1, -0.05) is 41.4 Å². The summed E-state index contributed by atoms with van der Waals surface area (Å²) >= 11 is 6.03. The highest BCUT2D eigenvalue weighted by Crippen LogP contribution is 2.73. The fourth-order valence-electron chi connectivity index (χ4n) is 6.11. The molecule has 1 aromatic heterocycles. The van der Waals surface area contributed by atoms with E-state index in [1.54, 1.807) is 18.2 Å². The van der Waals surface area contributed by atoms with Crippen LogP contribution in [0.25, 0.3) is 11.1 Å². The summed E-state index contributed by atoms with van der Waals surface area (Å²) < 4.78 is 8.30. The number of aromatic nitrogens is 1. The first-order valence-corrected chi connectivity index (χ1v) is 11.7. The van der Waals surface area contributed by atoms with Crippen LogP contribution in [0.1, 0.15) is 49.3 Å². The molecule has 1 N–H and O–H groups in total. The summed E-state index contributed by atoms with van der Waals surface area (Å²) in [4.78, 5) is 13.0. The Kier molecular flexibility index (Phi) is 4.37. The van der Waals surface area contributed by atoms with Gasteiger partial charge in [-0.15, -0.1) is 0 Å². The molecule has 3 aliphatic carbocycles. The Balaban J connectivity index is 1.10. The van der Waals surface area contributed by atoms with Gasteiger partial charge in [0.05, 0.1) is 6.10 Å². The lowest BCUT2D eigenvalue weighted by molar-refractivity contribution is -0.194. The molecular formula is C27H26ClNO3. The average molecular weight is 448 g/mol. The number of hydrogen-bond acceptors (Lipinski definition) is 3. The molecule has 0 saturated heterocycles. The van der Waals surface area contributed by atoms with E-state index in [2.05, 4.69) is 54.2 Å². The van der Waals surface area contributed by atoms with E-state index in [1.807, 2.05) is 0 Å². The lowest BCUT2D eigenvalue weighted by Gasteiger charge is -2.71. The minimum absolute atomic E-state index is 0.0972. The second-order valence-corrected chi connectivity index (χ2v) is 10.5. The molecular weight excluding hydrogens is 422 g/mol. The first-order chi connectivity index (χ1) is 15.3. The number of nitrogens with zero attached hydrogens (tertiary/aromatic N) is 1. The molecule has 4 nitrogen and oxygen atoms in total. The van der Waals surface area contributed by atoms with Crippen LogP contribution in [0, 0.1) is 12.3 Å². The van der Waals surface area contributed by atoms with Crippen molar-refractivity contribution in [2.45, 2.75) is 56.8 Å². The van der Waals surface area contributed by atoms with E-state index in [0.29, 0.717) is 29.2 Å². The van der Waals surface area contributed by atoms with Crippen LogP contribution >= 0.6 is 11.6 Å². The summed E-state index contributed by atoms with van der Waals surface area (Å²) in [5.74, 6) is 0.669. The van der Waals surface area contributed by atoms with Crippen LogP contribution in [0.2, 0.25) is 5.02 Å². The summed E-state index contributed by atoms with van der Waals surface area (Å²) in [6.45, 7) is 2.10. The van der Waals surface area contributed by atoms with Crippen LogP contribution in [-0.2, 0) is 10.3 Å². The van der Waals surface area contributed by atoms with Gasteiger partial charge >= 0.3 is 0 Å². The minimum atomic E-state index is -0.717. The van der Waals surface area contributed by atoms with Crippen LogP contribution in [0.3, 0.4) is 0 Å². The van der Waals surface area contributed by atoms with Crippen molar-refractivity contribution in [3.05, 3.63) is 77.1 Å². The number of rotatable bonds is 5. The molecule has 2 bridgehead atoms. The van der Waals surface area contributed by atoms with Crippen molar-refractivity contribution in [2.24, 2.45) is 5.41 Å². The number of fused-ring (bicyclic) bond motifs is 1. The fourth-order valence-corrected chi connectivity index (χ4v) is 6.29. The van der Waals surface area contributed by atoms with Gasteiger partial charge in [-0.2, -0.15) is 0 Å². The zero-order valence-electron chi connectivity index (χ0n) is 18.1. The Morgan fingerprint density at radius 3 is 2.62 bits per heavy atom. The number of hydrogen-bond donors (Lipinski definition) is 1. The van der Waals surface area contributed by atoms with Gasteiger partial charge in [-0.3, -0.25) is 4.79 Å². The maximum Gasteiger partial charge on any atom is 0.173 e. The van der Waals surface area contributed by atoms with E-state index < -0.39 is 12.2 Å². The Bertz CT molecular complexity index is 1190. The number of halogens is 1. The van der Waals surface area contributed by atoms with Gasteiger partial charge in [-0.05, 0) is 67.0 Å². The number of aliphatic hydroxyl groups is 1. The van der Waals surface area contributed by atoms with Gasteiger partial charge in [0.25, 0.3) is 0 Å². The first-order valence-electron chi connectivity index (χ1n) is 11.3. The molecule has 164 valence electrons. The molecule has 32 heavy (non-hydrogen) atoms. The highest BCUT2D eigenvalue weighted by atomic mass is 35.5. The molecule has 3 aromatic rings. The monoisotopic (exact) mass is 447 g/mol.